The standard InChI is InChI=1S/C9H9BrO4S/c1-14-9(11)7-5-6(15(2,12)13)3-4-8(7)10/h3-5H,1-2H3. The van der Waals surface area contributed by atoms with Gasteiger partial charge in [-0.05, 0) is 34.1 Å². The Morgan fingerprint density at radius 3 is 2.47 bits per heavy atom. The van der Waals surface area contributed by atoms with Crippen LogP contribution in [0.4, 0.5) is 0 Å². The van der Waals surface area contributed by atoms with E-state index in [-0.39, 0.29) is 10.5 Å². The number of benzene rings is 1. The predicted molar refractivity (Wildman–Crippen MR) is 58.6 cm³/mol. The number of esters is 1. The van der Waals surface area contributed by atoms with E-state index in [1.165, 1.54) is 25.3 Å². The highest BCUT2D eigenvalue weighted by molar-refractivity contribution is 9.10. The smallest absolute Gasteiger partial charge is 0.339 e. The van der Waals surface area contributed by atoms with Crippen LogP contribution in [0.5, 0.6) is 0 Å². The molecule has 0 fully saturated rings. The quantitative estimate of drug-likeness (QED) is 0.778. The number of sulfone groups is 1. The van der Waals surface area contributed by atoms with Crippen molar-refractivity contribution in [3.05, 3.63) is 28.2 Å². The second-order valence-electron chi connectivity index (χ2n) is 2.91. The average Bonchev–Trinajstić information content (AvgIpc) is 2.15. The first kappa shape index (κ1) is 12.2. The van der Waals surface area contributed by atoms with Crippen LogP contribution in [0, 0.1) is 0 Å². The molecule has 1 aromatic carbocycles. The molecule has 0 aromatic heterocycles. The van der Waals surface area contributed by atoms with E-state index in [0.29, 0.717) is 4.47 Å². The highest BCUT2D eigenvalue weighted by Crippen LogP contribution is 2.21. The Hall–Kier alpha value is -0.880. The number of carbonyl (C=O) groups excluding carboxylic acids is 1. The first-order valence-electron chi connectivity index (χ1n) is 3.94. The number of carbonyl (C=O) groups is 1. The molecule has 1 rings (SSSR count). The molecular formula is C9H9BrO4S. The lowest BCUT2D eigenvalue weighted by Crippen LogP contribution is -2.05. The van der Waals surface area contributed by atoms with Gasteiger partial charge in [0.2, 0.25) is 0 Å². The molecule has 0 aliphatic heterocycles. The summed E-state index contributed by atoms with van der Waals surface area (Å²) in [5.74, 6) is -0.577. The number of hydrogen-bond donors (Lipinski definition) is 0. The van der Waals surface area contributed by atoms with Crippen molar-refractivity contribution in [2.24, 2.45) is 0 Å². The van der Waals surface area contributed by atoms with Gasteiger partial charge < -0.3 is 4.74 Å². The fraction of sp³-hybridized carbons (Fsp3) is 0.222. The summed E-state index contributed by atoms with van der Waals surface area (Å²) in [6.07, 6.45) is 1.08. The molecule has 6 heteroatoms. The zero-order valence-electron chi connectivity index (χ0n) is 8.15. The monoisotopic (exact) mass is 292 g/mol. The van der Waals surface area contributed by atoms with Gasteiger partial charge in [-0.1, -0.05) is 0 Å². The van der Waals surface area contributed by atoms with Gasteiger partial charge in [-0.15, -0.1) is 0 Å². The molecule has 0 saturated heterocycles. The molecule has 0 saturated carbocycles. The van der Waals surface area contributed by atoms with Gasteiger partial charge in [-0.25, -0.2) is 13.2 Å². The van der Waals surface area contributed by atoms with Crippen LogP contribution in [0.25, 0.3) is 0 Å². The largest absolute Gasteiger partial charge is 0.465 e. The van der Waals surface area contributed by atoms with Gasteiger partial charge in [0.15, 0.2) is 9.84 Å². The van der Waals surface area contributed by atoms with Gasteiger partial charge in [0.25, 0.3) is 0 Å². The third-order valence-electron chi connectivity index (χ3n) is 1.77. The first-order chi connectivity index (χ1) is 6.86. The van der Waals surface area contributed by atoms with Crippen molar-refractivity contribution in [2.75, 3.05) is 13.4 Å². The fourth-order valence-corrected chi connectivity index (χ4v) is 2.06. The number of ether oxygens (including phenoxy) is 1. The Morgan fingerprint density at radius 1 is 1.40 bits per heavy atom. The number of halogens is 1. The average molecular weight is 293 g/mol. The first-order valence-corrected chi connectivity index (χ1v) is 6.62. The molecule has 82 valence electrons. The number of hydrogen-bond acceptors (Lipinski definition) is 4. The topological polar surface area (TPSA) is 60.4 Å². The lowest BCUT2D eigenvalue weighted by Gasteiger charge is -2.04. The minimum absolute atomic E-state index is 0.0890. The second kappa shape index (κ2) is 4.32. The number of rotatable bonds is 2. The third kappa shape index (κ3) is 2.79. The molecule has 0 radical (unpaired) electrons. The molecule has 0 amide bonds. The lowest BCUT2D eigenvalue weighted by atomic mass is 10.2. The van der Waals surface area contributed by atoms with Crippen LogP contribution in [0.1, 0.15) is 10.4 Å². The summed E-state index contributed by atoms with van der Waals surface area (Å²) in [5.41, 5.74) is 0.195. The second-order valence-corrected chi connectivity index (χ2v) is 5.78. The van der Waals surface area contributed by atoms with Crippen molar-refractivity contribution >= 4 is 31.7 Å². The molecule has 0 aliphatic rings. The Morgan fingerprint density at radius 2 is 2.00 bits per heavy atom. The van der Waals surface area contributed by atoms with Gasteiger partial charge in [0, 0.05) is 10.7 Å². The van der Waals surface area contributed by atoms with Gasteiger partial charge in [-0.2, -0.15) is 0 Å². The maximum Gasteiger partial charge on any atom is 0.339 e. The van der Waals surface area contributed by atoms with Crippen LogP contribution in [0.3, 0.4) is 0 Å². The highest BCUT2D eigenvalue weighted by atomic mass is 79.9. The van der Waals surface area contributed by atoms with Crippen molar-refractivity contribution in [1.29, 1.82) is 0 Å². The van der Waals surface area contributed by atoms with E-state index < -0.39 is 15.8 Å². The van der Waals surface area contributed by atoms with E-state index in [9.17, 15) is 13.2 Å². The molecule has 0 spiro atoms. The summed E-state index contributed by atoms with van der Waals surface area (Å²) in [7, 11) is -2.07. The van der Waals surface area contributed by atoms with Crippen molar-refractivity contribution in [2.45, 2.75) is 4.90 Å². The fourth-order valence-electron chi connectivity index (χ4n) is 1.00. The van der Waals surface area contributed by atoms with E-state index in [2.05, 4.69) is 20.7 Å². The molecule has 0 unspecified atom stereocenters. The molecule has 1 aromatic rings. The minimum Gasteiger partial charge on any atom is -0.465 e. The Balaban J connectivity index is 3.36. The summed E-state index contributed by atoms with van der Waals surface area (Å²) in [4.78, 5) is 11.4. The molecule has 4 nitrogen and oxygen atoms in total. The van der Waals surface area contributed by atoms with Gasteiger partial charge >= 0.3 is 5.97 Å². The van der Waals surface area contributed by atoms with E-state index in [1.54, 1.807) is 0 Å². The Kier molecular flexibility index (Phi) is 3.51. The van der Waals surface area contributed by atoms with Crippen LogP contribution < -0.4 is 0 Å². The number of methoxy groups -OCH3 is 1. The summed E-state index contributed by atoms with van der Waals surface area (Å²) >= 11 is 3.14. The normalized spacial score (nSPS) is 11.1. The van der Waals surface area contributed by atoms with Gasteiger partial charge in [0.1, 0.15) is 0 Å². The Labute approximate surface area is 96.3 Å². The van der Waals surface area contributed by atoms with E-state index in [0.717, 1.165) is 6.26 Å². The Bertz CT molecular complexity index is 493. The van der Waals surface area contributed by atoms with E-state index in [1.807, 2.05) is 0 Å². The van der Waals surface area contributed by atoms with Crippen molar-refractivity contribution in [3.63, 3.8) is 0 Å². The van der Waals surface area contributed by atoms with Crippen LogP contribution in [-0.4, -0.2) is 27.8 Å². The molecular weight excluding hydrogens is 284 g/mol. The molecule has 0 bridgehead atoms. The van der Waals surface area contributed by atoms with Crippen molar-refractivity contribution in [3.8, 4) is 0 Å². The van der Waals surface area contributed by atoms with Gasteiger partial charge in [0.05, 0.1) is 17.6 Å². The summed E-state index contributed by atoms with van der Waals surface area (Å²) < 4.78 is 27.5. The minimum atomic E-state index is -3.31. The zero-order chi connectivity index (χ0) is 11.6. The third-order valence-corrected chi connectivity index (χ3v) is 3.57. The maximum absolute atomic E-state index is 11.3. The van der Waals surface area contributed by atoms with Crippen molar-refractivity contribution in [1.82, 2.24) is 0 Å². The summed E-state index contributed by atoms with van der Waals surface area (Å²) in [6.45, 7) is 0. The van der Waals surface area contributed by atoms with E-state index in [4.69, 9.17) is 0 Å². The van der Waals surface area contributed by atoms with Crippen LogP contribution in [0.15, 0.2) is 27.6 Å². The maximum atomic E-state index is 11.3. The highest BCUT2D eigenvalue weighted by Gasteiger charge is 2.15. The van der Waals surface area contributed by atoms with Crippen LogP contribution >= 0.6 is 15.9 Å². The molecule has 0 aliphatic carbocycles. The van der Waals surface area contributed by atoms with Crippen molar-refractivity contribution < 1.29 is 17.9 Å². The lowest BCUT2D eigenvalue weighted by molar-refractivity contribution is 0.0599. The summed E-state index contributed by atoms with van der Waals surface area (Å²) in [5, 5.41) is 0. The zero-order valence-corrected chi connectivity index (χ0v) is 10.6. The predicted octanol–water partition coefficient (Wildman–Crippen LogP) is 1.64. The van der Waals surface area contributed by atoms with Crippen LogP contribution in [-0.2, 0) is 14.6 Å². The summed E-state index contributed by atoms with van der Waals surface area (Å²) in [6, 6.07) is 4.21. The molecule has 0 atom stereocenters. The SMILES string of the molecule is COC(=O)c1cc(S(C)(=O)=O)ccc1Br. The molecule has 0 N–H and O–H groups in total. The molecule has 15 heavy (non-hydrogen) atoms. The van der Waals surface area contributed by atoms with Gasteiger partial charge in [-0.3, -0.25) is 0 Å². The van der Waals surface area contributed by atoms with E-state index >= 15 is 0 Å². The molecule has 0 heterocycles. The van der Waals surface area contributed by atoms with Crippen LogP contribution in [0.2, 0.25) is 0 Å².